The second-order valence-electron chi connectivity index (χ2n) is 10.3. The van der Waals surface area contributed by atoms with Crippen molar-refractivity contribution in [3.63, 3.8) is 0 Å². The molecule has 0 bridgehead atoms. The molecule has 5 atom stereocenters. The highest BCUT2D eigenvalue weighted by molar-refractivity contribution is 7.76. The van der Waals surface area contributed by atoms with Gasteiger partial charge in [0.15, 0.2) is 6.29 Å². The van der Waals surface area contributed by atoms with Crippen LogP contribution < -0.4 is 4.74 Å². The maximum Gasteiger partial charge on any atom is 0.234 e. The molecule has 1 saturated heterocycles. The van der Waals surface area contributed by atoms with E-state index in [0.29, 0.717) is 13.0 Å². The van der Waals surface area contributed by atoms with Gasteiger partial charge in [-0.15, -0.1) is 0 Å². The minimum Gasteiger partial charge on any atom is -0.488 e. The smallest absolute Gasteiger partial charge is 0.234 e. The molecule has 0 saturated carbocycles. The van der Waals surface area contributed by atoms with E-state index >= 15 is 0 Å². The molecule has 9 nitrogen and oxygen atoms in total. The number of azide groups is 1. The Kier molecular flexibility index (Phi) is 11.3. The number of ether oxygens (including phenoxy) is 3. The van der Waals surface area contributed by atoms with Crippen molar-refractivity contribution in [1.82, 2.24) is 4.31 Å². The van der Waals surface area contributed by atoms with Crippen molar-refractivity contribution in [2.24, 2.45) is 11.0 Å². The van der Waals surface area contributed by atoms with Gasteiger partial charge in [0.2, 0.25) is 11.3 Å². The molecule has 1 aliphatic rings. The van der Waals surface area contributed by atoms with Crippen molar-refractivity contribution >= 4 is 11.3 Å². The van der Waals surface area contributed by atoms with Crippen molar-refractivity contribution in [3.8, 4) is 5.75 Å². The number of nitrogens with zero attached hydrogens (tertiary/aromatic N) is 4. The first-order valence-corrected chi connectivity index (χ1v) is 13.0. The molecular weight excluding hydrogens is 456 g/mol. The zero-order valence-corrected chi connectivity index (χ0v) is 22.0. The lowest BCUT2D eigenvalue weighted by molar-refractivity contribution is -0.215. The van der Waals surface area contributed by atoms with Gasteiger partial charge in [-0.05, 0) is 82.5 Å². The van der Waals surface area contributed by atoms with E-state index in [4.69, 9.17) is 14.2 Å². The summed E-state index contributed by atoms with van der Waals surface area (Å²) < 4.78 is 41.5. The summed E-state index contributed by atoms with van der Waals surface area (Å²) >= 11 is -2.18. The van der Waals surface area contributed by atoms with Crippen LogP contribution in [0.4, 0.5) is 0 Å². The first-order valence-electron chi connectivity index (χ1n) is 12.0. The molecule has 4 unspecified atom stereocenters. The van der Waals surface area contributed by atoms with E-state index < -0.39 is 29.7 Å². The lowest BCUT2D eigenvalue weighted by atomic mass is 10.0. The van der Waals surface area contributed by atoms with Crippen LogP contribution in [0.3, 0.4) is 0 Å². The van der Waals surface area contributed by atoms with E-state index in [1.165, 1.54) is 4.31 Å². The van der Waals surface area contributed by atoms with E-state index in [1.54, 1.807) is 0 Å². The second kappa shape index (κ2) is 13.4. The molecule has 1 heterocycles. The normalized spacial score (nSPS) is 21.7. The van der Waals surface area contributed by atoms with Gasteiger partial charge in [0.1, 0.15) is 11.4 Å². The molecule has 1 aromatic carbocycles. The third-order valence-electron chi connectivity index (χ3n) is 5.36. The average Bonchev–Trinajstić information content (AvgIpc) is 2.72. The predicted octanol–water partition coefficient (Wildman–Crippen LogP) is 5.48. The third kappa shape index (κ3) is 10.3. The summed E-state index contributed by atoms with van der Waals surface area (Å²) in [7, 11) is 0. The fraction of sp³-hybridized carbons (Fsp3) is 0.750. The Morgan fingerprint density at radius 1 is 1.26 bits per heavy atom. The summed E-state index contributed by atoms with van der Waals surface area (Å²) in [5, 5.41) is 4.04. The molecule has 1 aliphatic heterocycles. The van der Waals surface area contributed by atoms with Gasteiger partial charge in [0.05, 0.1) is 18.2 Å². The van der Waals surface area contributed by atoms with Crippen molar-refractivity contribution in [1.29, 1.82) is 0 Å². The summed E-state index contributed by atoms with van der Waals surface area (Å²) in [6.07, 6.45) is 2.10. The molecule has 0 amide bonds. The first-order chi connectivity index (χ1) is 16.0. The molecule has 10 heteroatoms. The zero-order valence-electron chi connectivity index (χ0n) is 21.2. The highest BCUT2D eigenvalue weighted by Gasteiger charge is 2.31. The fourth-order valence-electron chi connectivity index (χ4n) is 3.93. The van der Waals surface area contributed by atoms with Gasteiger partial charge in [0, 0.05) is 18.0 Å². The highest BCUT2D eigenvalue weighted by Crippen LogP contribution is 2.25. The quantitative estimate of drug-likeness (QED) is 0.178. The van der Waals surface area contributed by atoms with E-state index in [2.05, 4.69) is 10.0 Å². The topological polar surface area (TPSA) is 117 Å². The SMILES string of the molecule is CC(C)CN(CC(OC1CCCC(C)O1)[C@H](Cc1ccc(OC(C)(C)C)cc1)N=[N+]=[N-])S(=O)O. The van der Waals surface area contributed by atoms with Gasteiger partial charge < -0.3 is 14.2 Å². The Morgan fingerprint density at radius 2 is 1.94 bits per heavy atom. The number of benzene rings is 1. The molecule has 0 spiro atoms. The molecule has 1 N–H and O–H groups in total. The molecule has 0 radical (unpaired) electrons. The van der Waals surface area contributed by atoms with E-state index in [-0.39, 0.29) is 24.2 Å². The fourth-order valence-corrected chi connectivity index (χ4v) is 4.63. The molecule has 0 aliphatic carbocycles. The van der Waals surface area contributed by atoms with Crippen LogP contribution in [0.5, 0.6) is 5.75 Å². The van der Waals surface area contributed by atoms with Crippen LogP contribution in [0.15, 0.2) is 29.4 Å². The Balaban J connectivity index is 2.25. The highest BCUT2D eigenvalue weighted by atomic mass is 32.2. The van der Waals surface area contributed by atoms with E-state index in [9.17, 15) is 14.3 Å². The van der Waals surface area contributed by atoms with Crippen molar-refractivity contribution < 1.29 is 23.0 Å². The number of hydrogen-bond donors (Lipinski definition) is 1. The van der Waals surface area contributed by atoms with Gasteiger partial charge in [0.25, 0.3) is 0 Å². The van der Waals surface area contributed by atoms with Gasteiger partial charge in [-0.1, -0.05) is 31.1 Å². The van der Waals surface area contributed by atoms with Crippen LogP contribution in [-0.4, -0.2) is 56.3 Å². The molecule has 192 valence electrons. The van der Waals surface area contributed by atoms with Crippen LogP contribution in [0.1, 0.15) is 66.4 Å². The minimum atomic E-state index is -2.18. The standard InChI is InChI=1S/C24H40N4O5S/c1-17(2)15-28(34(29)30)16-22(32-23-9-7-8-18(3)31-23)21(26-27-25)14-19-10-12-20(13-11-19)33-24(4,5)6/h10-13,17-18,21-23H,7-9,14-16H2,1-6H3,(H,29,30)/t18?,21-,22?,23?/m0/s1. The third-order valence-corrected chi connectivity index (χ3v) is 6.10. The van der Waals surface area contributed by atoms with Gasteiger partial charge in [-0.25, -0.2) is 4.21 Å². The Hall–Kier alpha value is -1.68. The summed E-state index contributed by atoms with van der Waals surface area (Å²) in [4.78, 5) is 3.06. The van der Waals surface area contributed by atoms with Crippen LogP contribution >= 0.6 is 0 Å². The molecule has 0 aromatic heterocycles. The first kappa shape index (κ1) is 28.6. The van der Waals surface area contributed by atoms with Crippen molar-refractivity contribution in [2.75, 3.05) is 13.1 Å². The Morgan fingerprint density at radius 3 is 2.47 bits per heavy atom. The van der Waals surface area contributed by atoms with E-state index in [1.807, 2.05) is 65.8 Å². The lowest BCUT2D eigenvalue weighted by Gasteiger charge is -2.35. The summed E-state index contributed by atoms with van der Waals surface area (Å²) in [5.74, 6) is 0.934. The maximum atomic E-state index is 12.0. The van der Waals surface area contributed by atoms with Gasteiger partial charge in [-0.3, -0.25) is 4.55 Å². The van der Waals surface area contributed by atoms with Gasteiger partial charge in [-0.2, -0.15) is 4.31 Å². The molecule has 2 rings (SSSR count). The van der Waals surface area contributed by atoms with Crippen molar-refractivity contribution in [3.05, 3.63) is 40.3 Å². The summed E-state index contributed by atoms with van der Waals surface area (Å²) in [5.41, 5.74) is 9.95. The maximum absolute atomic E-state index is 12.0. The van der Waals surface area contributed by atoms with Crippen molar-refractivity contribution in [2.45, 2.75) is 97.4 Å². The van der Waals surface area contributed by atoms with E-state index in [0.717, 1.165) is 30.6 Å². The lowest BCUT2D eigenvalue weighted by Crippen LogP contribution is -2.46. The van der Waals surface area contributed by atoms with Crippen LogP contribution in [-0.2, 0) is 27.2 Å². The van der Waals surface area contributed by atoms with Gasteiger partial charge >= 0.3 is 0 Å². The molecule has 34 heavy (non-hydrogen) atoms. The van der Waals surface area contributed by atoms with Crippen LogP contribution in [0, 0.1) is 5.92 Å². The summed E-state index contributed by atoms with van der Waals surface area (Å²) in [6, 6.07) is 7.08. The van der Waals surface area contributed by atoms with Crippen LogP contribution in [0.25, 0.3) is 10.4 Å². The summed E-state index contributed by atoms with van der Waals surface area (Å²) in [6.45, 7) is 12.5. The molecule has 1 fully saturated rings. The average molecular weight is 497 g/mol. The largest absolute Gasteiger partial charge is 0.488 e. The number of hydrogen-bond acceptors (Lipinski definition) is 5. The molecule has 1 aromatic rings. The Bertz CT molecular complexity index is 824. The molecular formula is C24H40N4O5S. The zero-order chi connectivity index (χ0) is 25.3. The monoisotopic (exact) mass is 496 g/mol. The Labute approximate surface area is 206 Å². The van der Waals surface area contributed by atoms with Crippen LogP contribution in [0.2, 0.25) is 0 Å². The second-order valence-corrected chi connectivity index (χ2v) is 11.3. The number of rotatable bonds is 12. The minimum absolute atomic E-state index is 0.0754. The predicted molar refractivity (Wildman–Crippen MR) is 134 cm³/mol.